The van der Waals surface area contributed by atoms with Crippen LogP contribution in [0, 0.1) is 0 Å². The summed E-state index contributed by atoms with van der Waals surface area (Å²) in [6.07, 6.45) is 1.46. The molecule has 1 aromatic heterocycles. The summed E-state index contributed by atoms with van der Waals surface area (Å²) in [4.78, 5) is 16.6. The van der Waals surface area contributed by atoms with E-state index in [0.29, 0.717) is 11.5 Å². The Bertz CT molecular complexity index is 651. The summed E-state index contributed by atoms with van der Waals surface area (Å²) in [5, 5.41) is 4.21. The average molecular weight is 327 g/mol. The highest BCUT2D eigenvalue weighted by atomic mass is 35.5. The molecule has 0 saturated carbocycles. The fourth-order valence-corrected chi connectivity index (χ4v) is 1.72. The standard InChI is InChI=1S/C13H12Cl2N4O2/c14-11(15)6-7-21-18-12-8-10(13(16)20)19(17-12)9-4-2-1-3-5-9/h1-6,8H,7H2,(H2,16,20)(H,17,18). The Morgan fingerprint density at radius 3 is 2.71 bits per heavy atom. The molecular formula is C13H12Cl2N4O2. The molecule has 1 amide bonds. The van der Waals surface area contributed by atoms with E-state index in [2.05, 4.69) is 10.6 Å². The first-order valence-corrected chi connectivity index (χ1v) is 6.68. The van der Waals surface area contributed by atoms with Gasteiger partial charge in [0.1, 0.15) is 10.2 Å². The van der Waals surface area contributed by atoms with Crippen LogP contribution in [0.15, 0.2) is 47.0 Å². The second kappa shape index (κ2) is 7.12. The molecule has 0 atom stereocenters. The van der Waals surface area contributed by atoms with E-state index >= 15 is 0 Å². The van der Waals surface area contributed by atoms with E-state index in [-0.39, 0.29) is 16.8 Å². The zero-order valence-electron chi connectivity index (χ0n) is 10.8. The molecule has 0 aliphatic carbocycles. The van der Waals surface area contributed by atoms with E-state index in [0.717, 1.165) is 0 Å². The zero-order chi connectivity index (χ0) is 15.2. The maximum atomic E-state index is 11.5. The second-order valence-electron chi connectivity index (χ2n) is 3.93. The van der Waals surface area contributed by atoms with Crippen LogP contribution in [0.3, 0.4) is 0 Å². The van der Waals surface area contributed by atoms with Crippen molar-refractivity contribution in [2.45, 2.75) is 0 Å². The lowest BCUT2D eigenvalue weighted by atomic mass is 10.3. The van der Waals surface area contributed by atoms with Gasteiger partial charge in [0, 0.05) is 6.07 Å². The number of rotatable bonds is 6. The van der Waals surface area contributed by atoms with Crippen molar-refractivity contribution in [3.8, 4) is 5.69 Å². The van der Waals surface area contributed by atoms with E-state index in [1.165, 1.54) is 16.8 Å². The number of halogens is 2. The van der Waals surface area contributed by atoms with Gasteiger partial charge in [-0.2, -0.15) is 0 Å². The van der Waals surface area contributed by atoms with Gasteiger partial charge < -0.3 is 5.73 Å². The van der Waals surface area contributed by atoms with Crippen molar-refractivity contribution < 1.29 is 9.63 Å². The number of hydrogen-bond donors (Lipinski definition) is 2. The molecule has 0 aliphatic heterocycles. The summed E-state index contributed by atoms with van der Waals surface area (Å²) in [6.45, 7) is 0.145. The van der Waals surface area contributed by atoms with Gasteiger partial charge in [-0.3, -0.25) is 9.63 Å². The van der Waals surface area contributed by atoms with Gasteiger partial charge in [-0.25, -0.2) is 10.2 Å². The third-order valence-corrected chi connectivity index (χ3v) is 2.77. The number of benzene rings is 1. The molecule has 3 N–H and O–H groups in total. The van der Waals surface area contributed by atoms with Crippen molar-refractivity contribution in [3.05, 3.63) is 52.7 Å². The molecule has 8 heteroatoms. The number of carbonyl (C=O) groups excluding carboxylic acids is 1. The number of carbonyl (C=O) groups is 1. The summed E-state index contributed by atoms with van der Waals surface area (Å²) in [5.41, 5.74) is 8.88. The number of anilines is 1. The maximum absolute atomic E-state index is 11.5. The Morgan fingerprint density at radius 2 is 2.10 bits per heavy atom. The third kappa shape index (κ3) is 4.22. The van der Waals surface area contributed by atoms with Crippen LogP contribution < -0.4 is 11.2 Å². The fourth-order valence-electron chi connectivity index (χ4n) is 1.59. The Kier molecular flexibility index (Phi) is 5.21. The van der Waals surface area contributed by atoms with Crippen molar-refractivity contribution in [2.24, 2.45) is 5.73 Å². The van der Waals surface area contributed by atoms with Gasteiger partial charge in [-0.05, 0) is 18.2 Å². The summed E-state index contributed by atoms with van der Waals surface area (Å²) >= 11 is 10.9. The number of amides is 1. The van der Waals surface area contributed by atoms with Gasteiger partial charge in [-0.15, -0.1) is 5.10 Å². The van der Waals surface area contributed by atoms with Crippen molar-refractivity contribution in [2.75, 3.05) is 12.1 Å². The van der Waals surface area contributed by atoms with Crippen LogP contribution in [0.4, 0.5) is 5.82 Å². The summed E-state index contributed by atoms with van der Waals surface area (Å²) in [5.74, 6) is -0.255. The van der Waals surface area contributed by atoms with Crippen LogP contribution in [0.1, 0.15) is 10.5 Å². The van der Waals surface area contributed by atoms with Crippen molar-refractivity contribution in [1.29, 1.82) is 0 Å². The topological polar surface area (TPSA) is 82.2 Å². The lowest BCUT2D eigenvalue weighted by molar-refractivity contribution is 0.0993. The molecule has 2 rings (SSSR count). The molecule has 0 radical (unpaired) electrons. The van der Waals surface area contributed by atoms with Crippen molar-refractivity contribution in [1.82, 2.24) is 9.78 Å². The third-order valence-electron chi connectivity index (χ3n) is 2.46. The Balaban J connectivity index is 2.18. The SMILES string of the molecule is NC(=O)c1cc(NOCC=C(Cl)Cl)nn1-c1ccccc1. The van der Waals surface area contributed by atoms with Crippen LogP contribution in [0.2, 0.25) is 0 Å². The molecular weight excluding hydrogens is 315 g/mol. The maximum Gasteiger partial charge on any atom is 0.267 e. The lowest BCUT2D eigenvalue weighted by Gasteiger charge is -2.04. The smallest absolute Gasteiger partial charge is 0.267 e. The first-order chi connectivity index (χ1) is 10.1. The molecule has 0 spiro atoms. The molecule has 1 heterocycles. The highest BCUT2D eigenvalue weighted by molar-refractivity contribution is 6.55. The molecule has 21 heavy (non-hydrogen) atoms. The summed E-state index contributed by atoms with van der Waals surface area (Å²) in [7, 11) is 0. The monoisotopic (exact) mass is 326 g/mol. The molecule has 1 aromatic carbocycles. The van der Waals surface area contributed by atoms with Gasteiger partial charge in [0.05, 0.1) is 12.3 Å². The van der Waals surface area contributed by atoms with Gasteiger partial charge >= 0.3 is 0 Å². The number of primary amides is 1. The molecule has 0 fully saturated rings. The Hall–Kier alpha value is -2.02. The van der Waals surface area contributed by atoms with E-state index in [1.54, 1.807) is 12.1 Å². The quantitative estimate of drug-likeness (QED) is 0.631. The molecule has 2 aromatic rings. The first-order valence-electron chi connectivity index (χ1n) is 5.92. The minimum Gasteiger partial charge on any atom is -0.364 e. The number of nitrogens with two attached hydrogens (primary N) is 1. The molecule has 110 valence electrons. The van der Waals surface area contributed by atoms with Crippen LogP contribution in [-0.2, 0) is 4.84 Å². The van der Waals surface area contributed by atoms with E-state index in [4.69, 9.17) is 33.8 Å². The van der Waals surface area contributed by atoms with Gasteiger partial charge in [0.25, 0.3) is 5.91 Å². The normalized spacial score (nSPS) is 10.2. The molecule has 0 saturated heterocycles. The van der Waals surface area contributed by atoms with Gasteiger partial charge in [0.15, 0.2) is 5.82 Å². The first kappa shape index (κ1) is 15.4. The minimum absolute atomic E-state index is 0.101. The number of hydrogen-bond acceptors (Lipinski definition) is 4. The van der Waals surface area contributed by atoms with Crippen LogP contribution in [-0.4, -0.2) is 22.3 Å². The van der Waals surface area contributed by atoms with Crippen LogP contribution >= 0.6 is 23.2 Å². The van der Waals surface area contributed by atoms with E-state index in [9.17, 15) is 4.79 Å². The average Bonchev–Trinajstić information content (AvgIpc) is 2.89. The Labute approximate surface area is 131 Å². The molecule has 0 bridgehead atoms. The van der Waals surface area contributed by atoms with E-state index in [1.807, 2.05) is 18.2 Å². The number of nitrogens with one attached hydrogen (secondary N) is 1. The Morgan fingerprint density at radius 1 is 1.38 bits per heavy atom. The highest BCUT2D eigenvalue weighted by Crippen LogP contribution is 2.15. The number of nitrogens with zero attached hydrogens (tertiary/aromatic N) is 2. The van der Waals surface area contributed by atoms with Crippen LogP contribution in [0.5, 0.6) is 0 Å². The van der Waals surface area contributed by atoms with Gasteiger partial charge in [0.2, 0.25) is 0 Å². The molecule has 6 nitrogen and oxygen atoms in total. The predicted octanol–water partition coefficient (Wildman–Crippen LogP) is 2.63. The zero-order valence-corrected chi connectivity index (χ0v) is 12.3. The fraction of sp³-hybridized carbons (Fsp3) is 0.0769. The molecule has 0 unspecified atom stereocenters. The van der Waals surface area contributed by atoms with E-state index < -0.39 is 5.91 Å². The minimum atomic E-state index is -0.594. The number of aromatic nitrogens is 2. The summed E-state index contributed by atoms with van der Waals surface area (Å²) < 4.78 is 1.53. The van der Waals surface area contributed by atoms with Crippen LogP contribution in [0.25, 0.3) is 5.69 Å². The highest BCUT2D eigenvalue weighted by Gasteiger charge is 2.13. The molecule has 0 aliphatic rings. The lowest BCUT2D eigenvalue weighted by Crippen LogP contribution is -2.16. The van der Waals surface area contributed by atoms with Gasteiger partial charge in [-0.1, -0.05) is 41.4 Å². The largest absolute Gasteiger partial charge is 0.364 e. The number of para-hydroxylation sites is 1. The summed E-state index contributed by atoms with van der Waals surface area (Å²) in [6, 6.07) is 10.6. The second-order valence-corrected chi connectivity index (χ2v) is 4.94. The van der Waals surface area contributed by atoms with Crippen molar-refractivity contribution >= 4 is 34.9 Å². The predicted molar refractivity (Wildman–Crippen MR) is 81.4 cm³/mol. The van der Waals surface area contributed by atoms with Crippen molar-refractivity contribution in [3.63, 3.8) is 0 Å².